The van der Waals surface area contributed by atoms with Gasteiger partial charge in [0.05, 0.1) is 11.7 Å². The lowest BCUT2D eigenvalue weighted by Gasteiger charge is -2.16. The van der Waals surface area contributed by atoms with Gasteiger partial charge in [0.25, 0.3) is 0 Å². The van der Waals surface area contributed by atoms with Crippen molar-refractivity contribution in [3.8, 4) is 0 Å². The lowest BCUT2D eigenvalue weighted by atomic mass is 10.1. The van der Waals surface area contributed by atoms with Gasteiger partial charge in [0, 0.05) is 22.6 Å². The number of aromatic nitrogens is 1. The SMILES string of the molecule is CC(O)c1cc2cc(C(F)(F)F)ccc2n1C(C)C. The van der Waals surface area contributed by atoms with Crippen molar-refractivity contribution in [1.29, 1.82) is 0 Å². The van der Waals surface area contributed by atoms with E-state index in [9.17, 15) is 18.3 Å². The molecule has 0 bridgehead atoms. The molecule has 2 aromatic rings. The summed E-state index contributed by atoms with van der Waals surface area (Å²) < 4.78 is 39.9. The summed E-state index contributed by atoms with van der Waals surface area (Å²) in [6, 6.07) is 5.35. The van der Waals surface area contributed by atoms with Crippen LogP contribution in [0.5, 0.6) is 0 Å². The molecule has 0 aliphatic carbocycles. The quantitative estimate of drug-likeness (QED) is 0.865. The van der Waals surface area contributed by atoms with Crippen LogP contribution >= 0.6 is 0 Å². The first-order valence-electron chi connectivity index (χ1n) is 6.12. The van der Waals surface area contributed by atoms with Gasteiger partial charge in [-0.3, -0.25) is 0 Å². The van der Waals surface area contributed by atoms with Crippen molar-refractivity contribution in [3.05, 3.63) is 35.5 Å². The maximum Gasteiger partial charge on any atom is 0.416 e. The van der Waals surface area contributed by atoms with Crippen LogP contribution in [0.2, 0.25) is 0 Å². The Labute approximate surface area is 109 Å². The van der Waals surface area contributed by atoms with Gasteiger partial charge in [0.15, 0.2) is 0 Å². The van der Waals surface area contributed by atoms with E-state index in [1.165, 1.54) is 6.07 Å². The number of fused-ring (bicyclic) bond motifs is 1. The van der Waals surface area contributed by atoms with E-state index in [1.54, 1.807) is 13.0 Å². The predicted molar refractivity (Wildman–Crippen MR) is 68.0 cm³/mol. The lowest BCUT2D eigenvalue weighted by Crippen LogP contribution is -2.08. The third kappa shape index (κ3) is 2.47. The van der Waals surface area contributed by atoms with Gasteiger partial charge in [0.1, 0.15) is 0 Å². The molecule has 0 fully saturated rings. The first-order valence-corrected chi connectivity index (χ1v) is 6.12. The van der Waals surface area contributed by atoms with Gasteiger partial charge in [-0.1, -0.05) is 0 Å². The number of alkyl halides is 3. The summed E-state index contributed by atoms with van der Waals surface area (Å²) in [6.07, 6.45) is -5.07. The Balaban J connectivity index is 2.70. The average Bonchev–Trinajstić information content (AvgIpc) is 2.65. The van der Waals surface area contributed by atoms with Crippen molar-refractivity contribution >= 4 is 10.9 Å². The van der Waals surface area contributed by atoms with E-state index >= 15 is 0 Å². The van der Waals surface area contributed by atoms with Gasteiger partial charge in [0.2, 0.25) is 0 Å². The highest BCUT2D eigenvalue weighted by Crippen LogP contribution is 2.34. The molecule has 2 rings (SSSR count). The van der Waals surface area contributed by atoms with Gasteiger partial charge >= 0.3 is 6.18 Å². The number of aliphatic hydroxyl groups is 1. The molecule has 2 nitrogen and oxygen atoms in total. The second-order valence-corrected chi connectivity index (χ2v) is 4.98. The Kier molecular flexibility index (Phi) is 3.34. The number of hydrogen-bond acceptors (Lipinski definition) is 1. The van der Waals surface area contributed by atoms with E-state index in [-0.39, 0.29) is 6.04 Å². The molecule has 0 aliphatic heterocycles. The molecule has 19 heavy (non-hydrogen) atoms. The van der Waals surface area contributed by atoms with E-state index in [0.29, 0.717) is 16.6 Å². The summed E-state index contributed by atoms with van der Waals surface area (Å²) >= 11 is 0. The summed E-state index contributed by atoms with van der Waals surface area (Å²) in [6.45, 7) is 5.48. The molecule has 0 saturated carbocycles. The number of hydrogen-bond donors (Lipinski definition) is 1. The zero-order valence-electron chi connectivity index (χ0n) is 11.0. The zero-order valence-corrected chi connectivity index (χ0v) is 11.0. The number of nitrogens with zero attached hydrogens (tertiary/aromatic N) is 1. The summed E-state index contributed by atoms with van der Waals surface area (Å²) in [5, 5.41) is 10.2. The van der Waals surface area contributed by atoms with Gasteiger partial charge in [-0.15, -0.1) is 0 Å². The van der Waals surface area contributed by atoms with Crippen LogP contribution in [0.3, 0.4) is 0 Å². The summed E-state index contributed by atoms with van der Waals surface area (Å²) in [7, 11) is 0. The largest absolute Gasteiger partial charge is 0.416 e. The Bertz CT molecular complexity index is 596. The minimum atomic E-state index is -4.35. The molecule has 0 spiro atoms. The molecule has 1 heterocycles. The van der Waals surface area contributed by atoms with Crippen LogP contribution in [0.15, 0.2) is 24.3 Å². The molecule has 0 saturated heterocycles. The highest BCUT2D eigenvalue weighted by atomic mass is 19.4. The molecule has 1 N–H and O–H groups in total. The Morgan fingerprint density at radius 2 is 1.74 bits per heavy atom. The number of rotatable bonds is 2. The van der Waals surface area contributed by atoms with Crippen molar-refractivity contribution in [3.63, 3.8) is 0 Å². The van der Waals surface area contributed by atoms with Crippen molar-refractivity contribution < 1.29 is 18.3 Å². The standard InChI is InChI=1S/C14H16F3NO/c1-8(2)18-12-5-4-11(14(15,16)17)6-10(12)7-13(18)9(3)19/h4-9,19H,1-3H3. The third-order valence-corrected chi connectivity index (χ3v) is 3.14. The summed E-state index contributed by atoms with van der Waals surface area (Å²) in [5.74, 6) is 0. The minimum absolute atomic E-state index is 0.0684. The summed E-state index contributed by atoms with van der Waals surface area (Å²) in [5.41, 5.74) is 0.668. The molecule has 1 aromatic carbocycles. The maximum absolute atomic E-state index is 12.7. The molecule has 1 aromatic heterocycles. The second kappa shape index (κ2) is 4.56. The molecule has 1 atom stereocenters. The van der Waals surface area contributed by atoms with Crippen LogP contribution in [0.4, 0.5) is 13.2 Å². The highest BCUT2D eigenvalue weighted by molar-refractivity contribution is 5.82. The molecule has 5 heteroatoms. The van der Waals surface area contributed by atoms with E-state index in [1.807, 2.05) is 18.4 Å². The van der Waals surface area contributed by atoms with Crippen LogP contribution in [0.1, 0.15) is 44.2 Å². The molecule has 0 amide bonds. The van der Waals surface area contributed by atoms with Gasteiger partial charge in [-0.25, -0.2) is 0 Å². The first-order chi connectivity index (χ1) is 8.71. The minimum Gasteiger partial charge on any atom is -0.387 e. The monoisotopic (exact) mass is 271 g/mol. The fourth-order valence-corrected chi connectivity index (χ4v) is 2.33. The number of halogens is 3. The summed E-state index contributed by atoms with van der Waals surface area (Å²) in [4.78, 5) is 0. The highest BCUT2D eigenvalue weighted by Gasteiger charge is 2.31. The fourth-order valence-electron chi connectivity index (χ4n) is 2.33. The van der Waals surface area contributed by atoms with Crippen LogP contribution in [-0.2, 0) is 6.18 Å². The maximum atomic E-state index is 12.7. The van der Waals surface area contributed by atoms with Crippen LogP contribution in [0, 0.1) is 0 Å². The van der Waals surface area contributed by atoms with Gasteiger partial charge in [-0.2, -0.15) is 13.2 Å². The molecule has 0 aliphatic rings. The Hall–Kier alpha value is -1.49. The van der Waals surface area contributed by atoms with Crippen molar-refractivity contribution in [2.75, 3.05) is 0 Å². The molecular formula is C14H16F3NO. The van der Waals surface area contributed by atoms with Crippen molar-refractivity contribution in [2.45, 2.75) is 39.1 Å². The van der Waals surface area contributed by atoms with Crippen molar-refractivity contribution in [2.24, 2.45) is 0 Å². The third-order valence-electron chi connectivity index (χ3n) is 3.14. The topological polar surface area (TPSA) is 25.2 Å². The van der Waals surface area contributed by atoms with E-state index in [0.717, 1.165) is 12.1 Å². The number of benzene rings is 1. The van der Waals surface area contributed by atoms with Crippen molar-refractivity contribution in [1.82, 2.24) is 4.57 Å². The average molecular weight is 271 g/mol. The smallest absolute Gasteiger partial charge is 0.387 e. The molecular weight excluding hydrogens is 255 g/mol. The Morgan fingerprint density at radius 3 is 2.21 bits per heavy atom. The first kappa shape index (κ1) is 13.9. The van der Waals surface area contributed by atoms with E-state index < -0.39 is 17.8 Å². The van der Waals surface area contributed by atoms with Crippen LogP contribution in [-0.4, -0.2) is 9.67 Å². The zero-order chi connectivity index (χ0) is 14.4. The predicted octanol–water partition coefficient (Wildman–Crippen LogP) is 4.29. The van der Waals surface area contributed by atoms with Crippen LogP contribution < -0.4 is 0 Å². The Morgan fingerprint density at radius 1 is 1.11 bits per heavy atom. The second-order valence-electron chi connectivity index (χ2n) is 4.98. The van der Waals surface area contributed by atoms with Gasteiger partial charge in [-0.05, 0) is 45.0 Å². The molecule has 0 radical (unpaired) electrons. The van der Waals surface area contributed by atoms with E-state index in [4.69, 9.17) is 0 Å². The normalized spacial score (nSPS) is 14.3. The van der Waals surface area contributed by atoms with Gasteiger partial charge < -0.3 is 9.67 Å². The molecule has 1 unspecified atom stereocenters. The van der Waals surface area contributed by atoms with E-state index in [2.05, 4.69) is 0 Å². The fraction of sp³-hybridized carbons (Fsp3) is 0.429. The number of aliphatic hydroxyl groups excluding tert-OH is 1. The van der Waals surface area contributed by atoms with Crippen LogP contribution in [0.25, 0.3) is 10.9 Å². The molecule has 104 valence electrons. The lowest BCUT2D eigenvalue weighted by molar-refractivity contribution is -0.137.